The lowest BCUT2D eigenvalue weighted by molar-refractivity contribution is -0.143. The summed E-state index contributed by atoms with van der Waals surface area (Å²) in [5.41, 5.74) is -1.00. The number of nitrogens with one attached hydrogen (secondary N) is 1. The van der Waals surface area contributed by atoms with Crippen molar-refractivity contribution < 1.29 is 27.9 Å². The second kappa shape index (κ2) is 8.92. The minimum atomic E-state index is -4.61. The average molecular weight is 415 g/mol. The number of rotatable bonds is 4. The van der Waals surface area contributed by atoms with Gasteiger partial charge in [-0.25, -0.2) is 0 Å². The number of benzene rings is 1. The summed E-state index contributed by atoms with van der Waals surface area (Å²) >= 11 is 5.55. The largest absolute Gasteiger partial charge is 0.481 e. The summed E-state index contributed by atoms with van der Waals surface area (Å²) in [5.74, 6) is -1.72. The molecule has 0 spiro atoms. The average Bonchev–Trinajstić information content (AvgIpc) is 2.55. The van der Waals surface area contributed by atoms with Crippen LogP contribution < -0.4 is 5.32 Å². The minimum absolute atomic E-state index is 0. The second-order valence-corrected chi connectivity index (χ2v) is 6.41. The maximum absolute atomic E-state index is 12.9. The van der Waals surface area contributed by atoms with Gasteiger partial charge in [-0.3, -0.25) is 14.5 Å². The number of halogens is 5. The first-order valence-corrected chi connectivity index (χ1v) is 8.12. The van der Waals surface area contributed by atoms with Crippen LogP contribution in [0.3, 0.4) is 0 Å². The molecule has 146 valence electrons. The number of hydrogen-bond donors (Lipinski definition) is 2. The SMILES string of the molecule is CC(C(=O)Nc1ccc(Cl)c(C(F)(F)F)c1)N1CCC(C(=O)O)CC1.Cl. The first kappa shape index (κ1) is 22.5. The van der Waals surface area contributed by atoms with Gasteiger partial charge in [0.05, 0.1) is 22.5 Å². The van der Waals surface area contributed by atoms with Gasteiger partial charge < -0.3 is 10.4 Å². The molecule has 2 rings (SSSR count). The Balaban J connectivity index is 0.00000338. The molecule has 0 saturated carbocycles. The van der Waals surface area contributed by atoms with E-state index in [1.54, 1.807) is 6.92 Å². The number of carbonyl (C=O) groups is 2. The molecule has 1 aliphatic heterocycles. The Kier molecular flexibility index (Phi) is 7.73. The van der Waals surface area contributed by atoms with Crippen molar-refractivity contribution >= 4 is 41.6 Å². The third kappa shape index (κ3) is 5.49. The Labute approximate surface area is 159 Å². The molecule has 1 aromatic carbocycles. The molecule has 0 aromatic heterocycles. The van der Waals surface area contributed by atoms with Gasteiger partial charge in [0.1, 0.15) is 0 Å². The molecular formula is C16H19Cl2F3N2O3. The standard InChI is InChI=1S/C16H18ClF3N2O3.ClH/c1-9(22-6-4-10(5-7-22)15(24)25)14(23)21-11-2-3-13(17)12(8-11)16(18,19)20;/h2-3,8-10H,4-7H2,1H3,(H,21,23)(H,24,25);1H. The van der Waals surface area contributed by atoms with Crippen LogP contribution in [0.25, 0.3) is 0 Å². The van der Waals surface area contributed by atoms with Crippen LogP contribution in [0, 0.1) is 5.92 Å². The fraction of sp³-hybridized carbons (Fsp3) is 0.500. The van der Waals surface area contributed by atoms with Crippen molar-refractivity contribution in [2.24, 2.45) is 5.92 Å². The minimum Gasteiger partial charge on any atom is -0.481 e. The summed E-state index contributed by atoms with van der Waals surface area (Å²) in [7, 11) is 0. The Morgan fingerprint density at radius 3 is 2.38 bits per heavy atom. The summed E-state index contributed by atoms with van der Waals surface area (Å²) in [4.78, 5) is 25.1. The van der Waals surface area contributed by atoms with Crippen molar-refractivity contribution in [1.29, 1.82) is 0 Å². The summed E-state index contributed by atoms with van der Waals surface area (Å²) < 4.78 is 38.6. The lowest BCUT2D eigenvalue weighted by Crippen LogP contribution is -2.47. The van der Waals surface area contributed by atoms with E-state index in [1.165, 1.54) is 6.07 Å². The first-order chi connectivity index (χ1) is 11.6. The van der Waals surface area contributed by atoms with Gasteiger partial charge in [0, 0.05) is 5.69 Å². The van der Waals surface area contributed by atoms with Crippen LogP contribution in [0.4, 0.5) is 18.9 Å². The van der Waals surface area contributed by atoms with E-state index in [4.69, 9.17) is 16.7 Å². The van der Waals surface area contributed by atoms with Crippen LogP contribution in [-0.2, 0) is 15.8 Å². The number of aliphatic carboxylic acids is 1. The zero-order chi connectivity index (χ0) is 18.8. The number of nitrogens with zero attached hydrogens (tertiary/aromatic N) is 1. The van der Waals surface area contributed by atoms with E-state index in [9.17, 15) is 22.8 Å². The quantitative estimate of drug-likeness (QED) is 0.783. The molecule has 1 aliphatic rings. The van der Waals surface area contributed by atoms with Crippen molar-refractivity contribution in [3.63, 3.8) is 0 Å². The smallest absolute Gasteiger partial charge is 0.417 e. The highest BCUT2D eigenvalue weighted by molar-refractivity contribution is 6.31. The van der Waals surface area contributed by atoms with Crippen molar-refractivity contribution in [2.75, 3.05) is 18.4 Å². The predicted octanol–water partition coefficient (Wildman–Crippen LogP) is 3.90. The van der Waals surface area contributed by atoms with Crippen LogP contribution in [0.1, 0.15) is 25.3 Å². The Bertz CT molecular complexity index is 663. The molecule has 2 N–H and O–H groups in total. The van der Waals surface area contributed by atoms with Crippen LogP contribution in [-0.4, -0.2) is 41.0 Å². The Morgan fingerprint density at radius 1 is 1.31 bits per heavy atom. The number of anilines is 1. The number of amides is 1. The number of likely N-dealkylation sites (tertiary alicyclic amines) is 1. The van der Waals surface area contributed by atoms with Crippen LogP contribution in [0.5, 0.6) is 0 Å². The van der Waals surface area contributed by atoms with Gasteiger partial charge in [-0.15, -0.1) is 12.4 Å². The zero-order valence-corrected chi connectivity index (χ0v) is 15.4. The molecule has 0 bridgehead atoms. The third-order valence-electron chi connectivity index (χ3n) is 4.35. The molecule has 1 unspecified atom stereocenters. The lowest BCUT2D eigenvalue weighted by atomic mass is 9.96. The molecule has 1 atom stereocenters. The first-order valence-electron chi connectivity index (χ1n) is 7.74. The summed E-state index contributed by atoms with van der Waals surface area (Å²) in [6.45, 7) is 2.52. The van der Waals surface area contributed by atoms with E-state index in [1.807, 2.05) is 4.90 Å². The molecule has 1 heterocycles. The fourth-order valence-corrected chi connectivity index (χ4v) is 2.99. The van der Waals surface area contributed by atoms with Gasteiger partial charge >= 0.3 is 12.1 Å². The zero-order valence-electron chi connectivity index (χ0n) is 13.8. The molecule has 5 nitrogen and oxygen atoms in total. The fourth-order valence-electron chi connectivity index (χ4n) is 2.77. The van der Waals surface area contributed by atoms with Crippen molar-refractivity contribution in [3.8, 4) is 0 Å². The maximum Gasteiger partial charge on any atom is 0.417 e. The number of carboxylic acid groups (broad SMARTS) is 1. The lowest BCUT2D eigenvalue weighted by Gasteiger charge is -2.33. The molecule has 1 fully saturated rings. The molecule has 0 radical (unpaired) electrons. The van der Waals surface area contributed by atoms with E-state index in [2.05, 4.69) is 5.32 Å². The topological polar surface area (TPSA) is 69.6 Å². The molecular weight excluding hydrogens is 396 g/mol. The molecule has 0 aliphatic carbocycles. The highest BCUT2D eigenvalue weighted by Crippen LogP contribution is 2.36. The van der Waals surface area contributed by atoms with Crippen LogP contribution in [0.15, 0.2) is 18.2 Å². The van der Waals surface area contributed by atoms with Gasteiger partial charge in [0.2, 0.25) is 5.91 Å². The third-order valence-corrected chi connectivity index (χ3v) is 4.67. The van der Waals surface area contributed by atoms with Gasteiger partial charge in [0.15, 0.2) is 0 Å². The summed E-state index contributed by atoms with van der Waals surface area (Å²) in [6.07, 6.45) is -3.74. The monoisotopic (exact) mass is 414 g/mol. The molecule has 10 heteroatoms. The van der Waals surface area contributed by atoms with Gasteiger partial charge in [-0.2, -0.15) is 13.2 Å². The Morgan fingerprint density at radius 2 is 1.88 bits per heavy atom. The number of carboxylic acids is 1. The van der Waals surface area contributed by atoms with E-state index in [0.717, 1.165) is 12.1 Å². The number of carbonyl (C=O) groups excluding carboxylic acids is 1. The maximum atomic E-state index is 12.9. The van der Waals surface area contributed by atoms with Crippen molar-refractivity contribution in [3.05, 3.63) is 28.8 Å². The summed E-state index contributed by atoms with van der Waals surface area (Å²) in [6, 6.07) is 2.60. The van der Waals surface area contributed by atoms with Gasteiger partial charge in [-0.05, 0) is 51.1 Å². The predicted molar refractivity (Wildman–Crippen MR) is 93.7 cm³/mol. The van der Waals surface area contributed by atoms with Crippen molar-refractivity contribution in [2.45, 2.75) is 32.0 Å². The number of hydrogen-bond acceptors (Lipinski definition) is 3. The molecule has 1 aromatic rings. The highest BCUT2D eigenvalue weighted by atomic mass is 35.5. The van der Waals surface area contributed by atoms with Crippen LogP contribution in [0.2, 0.25) is 5.02 Å². The number of piperidine rings is 1. The van der Waals surface area contributed by atoms with E-state index in [-0.39, 0.29) is 18.1 Å². The molecule has 26 heavy (non-hydrogen) atoms. The molecule has 1 saturated heterocycles. The van der Waals surface area contributed by atoms with Crippen LogP contribution >= 0.6 is 24.0 Å². The molecule has 1 amide bonds. The van der Waals surface area contributed by atoms with E-state index in [0.29, 0.717) is 25.9 Å². The van der Waals surface area contributed by atoms with Crippen molar-refractivity contribution in [1.82, 2.24) is 4.90 Å². The van der Waals surface area contributed by atoms with Gasteiger partial charge in [0.25, 0.3) is 0 Å². The summed E-state index contributed by atoms with van der Waals surface area (Å²) in [5, 5.41) is 11.0. The highest BCUT2D eigenvalue weighted by Gasteiger charge is 2.34. The second-order valence-electron chi connectivity index (χ2n) is 6.01. The van der Waals surface area contributed by atoms with Gasteiger partial charge in [-0.1, -0.05) is 11.6 Å². The Hall–Kier alpha value is -1.51. The normalized spacial score (nSPS) is 17.3. The van der Waals surface area contributed by atoms with E-state index >= 15 is 0 Å². The van der Waals surface area contributed by atoms with E-state index < -0.39 is 40.6 Å². The number of alkyl halides is 3.